The predicted molar refractivity (Wildman–Crippen MR) is 91.5 cm³/mol. The Bertz CT molecular complexity index is 628. The summed E-state index contributed by atoms with van der Waals surface area (Å²) in [4.78, 5) is 5.13. The van der Waals surface area contributed by atoms with Crippen LogP contribution in [0, 0.1) is 5.92 Å². The van der Waals surface area contributed by atoms with Crippen molar-refractivity contribution in [1.29, 1.82) is 0 Å². The first-order valence-electron chi connectivity index (χ1n) is 8.42. The quantitative estimate of drug-likeness (QED) is 0.866. The zero-order valence-corrected chi connectivity index (χ0v) is 13.1. The van der Waals surface area contributed by atoms with E-state index in [0.29, 0.717) is 0 Å². The average molecular weight is 296 g/mol. The Kier molecular flexibility index (Phi) is 4.00. The van der Waals surface area contributed by atoms with Crippen LogP contribution in [-0.4, -0.2) is 50.8 Å². The van der Waals surface area contributed by atoms with Gasteiger partial charge in [0, 0.05) is 45.0 Å². The third-order valence-corrected chi connectivity index (χ3v) is 5.01. The Morgan fingerprint density at radius 2 is 1.77 bits per heavy atom. The van der Waals surface area contributed by atoms with E-state index in [0.717, 1.165) is 32.2 Å². The monoisotopic (exact) mass is 296 g/mol. The van der Waals surface area contributed by atoms with Gasteiger partial charge in [-0.2, -0.15) is 0 Å². The molecule has 116 valence electrons. The molecule has 2 saturated heterocycles. The summed E-state index contributed by atoms with van der Waals surface area (Å²) in [6.07, 6.45) is 1.24. The highest BCUT2D eigenvalue weighted by molar-refractivity contribution is 5.85. The maximum absolute atomic E-state index is 5.49. The molecule has 2 aromatic rings. The molecule has 0 bridgehead atoms. The van der Waals surface area contributed by atoms with Gasteiger partial charge in [-0.05, 0) is 35.2 Å². The van der Waals surface area contributed by atoms with Crippen LogP contribution < -0.4 is 4.90 Å². The van der Waals surface area contributed by atoms with Crippen molar-refractivity contribution in [2.45, 2.75) is 6.42 Å². The van der Waals surface area contributed by atoms with E-state index in [1.54, 1.807) is 0 Å². The number of hydrogen-bond donors (Lipinski definition) is 0. The van der Waals surface area contributed by atoms with E-state index in [1.807, 2.05) is 0 Å². The predicted octanol–water partition coefficient (Wildman–Crippen LogP) is 3.00. The van der Waals surface area contributed by atoms with Crippen LogP contribution in [0.25, 0.3) is 10.8 Å². The Morgan fingerprint density at radius 3 is 2.55 bits per heavy atom. The lowest BCUT2D eigenvalue weighted by Gasteiger charge is -2.37. The maximum atomic E-state index is 5.49. The molecular formula is C19H24N2O. The number of anilines is 1. The molecule has 2 aromatic carbocycles. The average Bonchev–Trinajstić information content (AvgIpc) is 3.08. The third-order valence-electron chi connectivity index (χ3n) is 5.01. The highest BCUT2D eigenvalue weighted by Gasteiger charge is 2.22. The van der Waals surface area contributed by atoms with Crippen LogP contribution in [0.15, 0.2) is 42.5 Å². The molecule has 2 aliphatic heterocycles. The number of hydrogen-bond acceptors (Lipinski definition) is 3. The van der Waals surface area contributed by atoms with E-state index in [-0.39, 0.29) is 0 Å². The summed E-state index contributed by atoms with van der Waals surface area (Å²) in [6.45, 7) is 7.74. The molecular weight excluding hydrogens is 272 g/mol. The van der Waals surface area contributed by atoms with Crippen LogP contribution in [0.1, 0.15) is 6.42 Å². The molecule has 0 amide bonds. The standard InChI is InChI=1S/C19H24N2O/c1-2-4-18-13-19(6-5-17(18)3-1)21-10-8-20(9-11-21)14-16-7-12-22-15-16/h1-6,13,16H,7-12,14-15H2/t16-/m0/s1. The van der Waals surface area contributed by atoms with E-state index in [1.165, 1.54) is 42.5 Å². The molecule has 3 heteroatoms. The van der Waals surface area contributed by atoms with Gasteiger partial charge in [0.2, 0.25) is 0 Å². The Morgan fingerprint density at radius 1 is 0.955 bits per heavy atom. The molecule has 0 unspecified atom stereocenters. The maximum Gasteiger partial charge on any atom is 0.0507 e. The van der Waals surface area contributed by atoms with Gasteiger partial charge in [0.1, 0.15) is 0 Å². The zero-order valence-electron chi connectivity index (χ0n) is 13.1. The van der Waals surface area contributed by atoms with Gasteiger partial charge in [-0.15, -0.1) is 0 Å². The van der Waals surface area contributed by atoms with Crippen molar-refractivity contribution in [1.82, 2.24) is 4.90 Å². The van der Waals surface area contributed by atoms with E-state index in [9.17, 15) is 0 Å². The van der Waals surface area contributed by atoms with Gasteiger partial charge >= 0.3 is 0 Å². The number of piperazine rings is 1. The molecule has 0 N–H and O–H groups in total. The first kappa shape index (κ1) is 14.0. The van der Waals surface area contributed by atoms with Gasteiger partial charge in [-0.3, -0.25) is 4.90 Å². The lowest BCUT2D eigenvalue weighted by Crippen LogP contribution is -2.47. The molecule has 0 aliphatic carbocycles. The lowest BCUT2D eigenvalue weighted by atomic mass is 10.1. The second-order valence-electron chi connectivity index (χ2n) is 6.55. The molecule has 1 atom stereocenters. The summed E-state index contributed by atoms with van der Waals surface area (Å²) in [6, 6.07) is 15.4. The lowest BCUT2D eigenvalue weighted by molar-refractivity contribution is 0.164. The smallest absolute Gasteiger partial charge is 0.0507 e. The number of nitrogens with zero attached hydrogens (tertiary/aromatic N) is 2. The molecule has 22 heavy (non-hydrogen) atoms. The minimum Gasteiger partial charge on any atom is -0.381 e. The van der Waals surface area contributed by atoms with E-state index in [4.69, 9.17) is 4.74 Å². The van der Waals surface area contributed by atoms with Crippen molar-refractivity contribution in [2.75, 3.05) is 50.8 Å². The minimum atomic E-state index is 0.757. The van der Waals surface area contributed by atoms with E-state index < -0.39 is 0 Å². The first-order chi connectivity index (χ1) is 10.9. The van der Waals surface area contributed by atoms with Crippen LogP contribution in [0.2, 0.25) is 0 Å². The topological polar surface area (TPSA) is 15.7 Å². The molecule has 0 spiro atoms. The SMILES string of the molecule is c1ccc2cc(N3CCN(C[C@@H]4CCOC4)CC3)ccc2c1. The molecule has 2 aliphatic rings. The minimum absolute atomic E-state index is 0.757. The van der Waals surface area contributed by atoms with Crippen molar-refractivity contribution in [3.8, 4) is 0 Å². The zero-order chi connectivity index (χ0) is 14.8. The van der Waals surface area contributed by atoms with Gasteiger partial charge in [0.15, 0.2) is 0 Å². The summed E-state index contributed by atoms with van der Waals surface area (Å²) in [5, 5.41) is 2.66. The fourth-order valence-corrected chi connectivity index (χ4v) is 3.65. The number of fused-ring (bicyclic) bond motifs is 1. The van der Waals surface area contributed by atoms with Crippen molar-refractivity contribution in [2.24, 2.45) is 5.92 Å². The van der Waals surface area contributed by atoms with Crippen molar-refractivity contribution < 1.29 is 4.74 Å². The van der Waals surface area contributed by atoms with Gasteiger partial charge in [0.25, 0.3) is 0 Å². The molecule has 0 aromatic heterocycles. The molecule has 2 fully saturated rings. The normalized spacial score (nSPS) is 23.3. The Hall–Kier alpha value is -1.58. The van der Waals surface area contributed by atoms with Gasteiger partial charge in [-0.25, -0.2) is 0 Å². The van der Waals surface area contributed by atoms with Crippen LogP contribution in [-0.2, 0) is 4.74 Å². The number of rotatable bonds is 3. The van der Waals surface area contributed by atoms with Gasteiger partial charge in [0.05, 0.1) is 6.61 Å². The summed E-state index contributed by atoms with van der Waals surface area (Å²) >= 11 is 0. The highest BCUT2D eigenvalue weighted by atomic mass is 16.5. The number of ether oxygens (including phenoxy) is 1. The highest BCUT2D eigenvalue weighted by Crippen LogP contribution is 2.23. The summed E-state index contributed by atoms with van der Waals surface area (Å²) in [5.41, 5.74) is 1.36. The van der Waals surface area contributed by atoms with Crippen molar-refractivity contribution in [3.63, 3.8) is 0 Å². The summed E-state index contributed by atoms with van der Waals surface area (Å²) < 4.78 is 5.49. The second kappa shape index (κ2) is 6.27. The first-order valence-corrected chi connectivity index (χ1v) is 8.42. The molecule has 4 rings (SSSR count). The molecule has 3 nitrogen and oxygen atoms in total. The summed E-state index contributed by atoms with van der Waals surface area (Å²) in [5.74, 6) is 0.757. The van der Waals surface area contributed by atoms with Crippen molar-refractivity contribution >= 4 is 16.5 Å². The van der Waals surface area contributed by atoms with E-state index in [2.05, 4.69) is 52.3 Å². The Labute approximate surface area is 132 Å². The largest absolute Gasteiger partial charge is 0.381 e. The Balaban J connectivity index is 1.39. The second-order valence-corrected chi connectivity index (χ2v) is 6.55. The molecule has 0 radical (unpaired) electrons. The van der Waals surface area contributed by atoms with Gasteiger partial charge in [-0.1, -0.05) is 30.3 Å². The van der Waals surface area contributed by atoms with Crippen LogP contribution >= 0.6 is 0 Å². The number of benzene rings is 2. The fraction of sp³-hybridized carbons (Fsp3) is 0.474. The van der Waals surface area contributed by atoms with E-state index >= 15 is 0 Å². The van der Waals surface area contributed by atoms with Crippen LogP contribution in [0.3, 0.4) is 0 Å². The third kappa shape index (κ3) is 2.96. The van der Waals surface area contributed by atoms with Crippen LogP contribution in [0.5, 0.6) is 0 Å². The van der Waals surface area contributed by atoms with Gasteiger partial charge < -0.3 is 9.64 Å². The molecule has 2 heterocycles. The molecule has 0 saturated carbocycles. The summed E-state index contributed by atoms with van der Waals surface area (Å²) in [7, 11) is 0. The fourth-order valence-electron chi connectivity index (χ4n) is 3.65. The van der Waals surface area contributed by atoms with Crippen LogP contribution in [0.4, 0.5) is 5.69 Å². The van der Waals surface area contributed by atoms with Crippen molar-refractivity contribution in [3.05, 3.63) is 42.5 Å².